The van der Waals surface area contributed by atoms with Crippen LogP contribution in [0, 0.1) is 0 Å². The summed E-state index contributed by atoms with van der Waals surface area (Å²) in [6, 6.07) is 0.439. The molecule has 0 aromatic carbocycles. The second kappa shape index (κ2) is 4.91. The minimum atomic E-state index is -0.0671. The van der Waals surface area contributed by atoms with Crippen LogP contribution in [0.1, 0.15) is 51.7 Å². The van der Waals surface area contributed by atoms with Gasteiger partial charge < -0.3 is 10.1 Å². The van der Waals surface area contributed by atoms with Crippen LogP contribution in [0.25, 0.3) is 0 Å². The van der Waals surface area contributed by atoms with Crippen molar-refractivity contribution < 1.29 is 4.74 Å². The highest BCUT2D eigenvalue weighted by Gasteiger charge is 2.40. The molecule has 2 heterocycles. The Labute approximate surface area is 114 Å². The highest BCUT2D eigenvalue weighted by atomic mass is 32.1. The van der Waals surface area contributed by atoms with E-state index in [9.17, 15) is 0 Å². The molecule has 4 heteroatoms. The quantitative estimate of drug-likeness (QED) is 0.915. The number of ether oxygens (including phenoxy) is 1. The fourth-order valence-corrected chi connectivity index (χ4v) is 3.53. The Balaban J connectivity index is 2.29. The molecule has 1 aliphatic rings. The van der Waals surface area contributed by atoms with Crippen LogP contribution in [0.4, 0.5) is 0 Å². The first-order chi connectivity index (χ1) is 8.33. The molecule has 1 aromatic heterocycles. The Kier molecular flexibility index (Phi) is 3.81. The maximum absolute atomic E-state index is 5.61. The summed E-state index contributed by atoms with van der Waals surface area (Å²) in [5.41, 5.74) is 1.23. The molecule has 1 atom stereocenters. The van der Waals surface area contributed by atoms with Crippen LogP contribution in [-0.2, 0) is 15.7 Å². The predicted molar refractivity (Wildman–Crippen MR) is 76.2 cm³/mol. The third-order valence-electron chi connectivity index (χ3n) is 3.27. The molecule has 1 aromatic rings. The van der Waals surface area contributed by atoms with E-state index >= 15 is 0 Å². The Morgan fingerprint density at radius 3 is 2.61 bits per heavy atom. The topological polar surface area (TPSA) is 34.2 Å². The number of rotatable bonds is 3. The molecule has 3 nitrogen and oxygen atoms in total. The average Bonchev–Trinajstić information content (AvgIpc) is 2.82. The fourth-order valence-electron chi connectivity index (χ4n) is 2.30. The monoisotopic (exact) mass is 268 g/mol. The van der Waals surface area contributed by atoms with Gasteiger partial charge in [0.05, 0.1) is 17.8 Å². The predicted octanol–water partition coefficient (Wildman–Crippen LogP) is 3.05. The third-order valence-corrected chi connectivity index (χ3v) is 4.31. The van der Waals surface area contributed by atoms with Crippen molar-refractivity contribution in [1.29, 1.82) is 0 Å². The zero-order valence-corrected chi connectivity index (χ0v) is 12.9. The van der Waals surface area contributed by atoms with E-state index in [1.165, 1.54) is 10.7 Å². The Hall–Kier alpha value is -0.450. The van der Waals surface area contributed by atoms with Gasteiger partial charge in [0.15, 0.2) is 0 Å². The summed E-state index contributed by atoms with van der Waals surface area (Å²) in [7, 11) is 0. The van der Waals surface area contributed by atoms with E-state index in [4.69, 9.17) is 9.72 Å². The lowest BCUT2D eigenvalue weighted by Gasteiger charge is -2.29. The van der Waals surface area contributed by atoms with Gasteiger partial charge in [-0.1, -0.05) is 20.8 Å². The molecule has 0 amide bonds. The summed E-state index contributed by atoms with van der Waals surface area (Å²) in [6.07, 6.45) is 1.02. The summed E-state index contributed by atoms with van der Waals surface area (Å²) in [4.78, 5) is 4.86. The Bertz CT molecular complexity index is 400. The lowest BCUT2D eigenvalue weighted by atomic mass is 9.93. The minimum absolute atomic E-state index is 0.0671. The van der Waals surface area contributed by atoms with Crippen LogP contribution < -0.4 is 5.32 Å². The summed E-state index contributed by atoms with van der Waals surface area (Å²) < 4.78 is 5.61. The number of nitrogens with one attached hydrogen (secondary N) is 1. The van der Waals surface area contributed by atoms with Crippen molar-refractivity contribution in [3.05, 3.63) is 16.1 Å². The highest BCUT2D eigenvalue weighted by Crippen LogP contribution is 2.35. The van der Waals surface area contributed by atoms with Gasteiger partial charge in [-0.05, 0) is 20.3 Å². The molecule has 18 heavy (non-hydrogen) atoms. The van der Waals surface area contributed by atoms with Crippen LogP contribution in [-0.4, -0.2) is 24.2 Å². The maximum atomic E-state index is 5.61. The van der Waals surface area contributed by atoms with E-state index in [1.54, 1.807) is 11.3 Å². The highest BCUT2D eigenvalue weighted by molar-refractivity contribution is 7.09. The zero-order valence-electron chi connectivity index (χ0n) is 12.0. The lowest BCUT2D eigenvalue weighted by molar-refractivity contribution is 0.162. The molecule has 1 N–H and O–H groups in total. The first kappa shape index (κ1) is 14.0. The molecule has 102 valence electrons. The molecule has 1 saturated heterocycles. The molecular weight excluding hydrogens is 244 g/mol. The number of thiazole rings is 1. The van der Waals surface area contributed by atoms with Crippen LogP contribution in [0.15, 0.2) is 5.38 Å². The van der Waals surface area contributed by atoms with Crippen LogP contribution in [0.3, 0.4) is 0 Å². The van der Waals surface area contributed by atoms with Gasteiger partial charge in [-0.25, -0.2) is 4.98 Å². The van der Waals surface area contributed by atoms with Gasteiger partial charge in [-0.15, -0.1) is 11.3 Å². The van der Waals surface area contributed by atoms with Crippen molar-refractivity contribution in [2.24, 2.45) is 0 Å². The van der Waals surface area contributed by atoms with Crippen LogP contribution in [0.5, 0.6) is 0 Å². The number of aromatic nitrogens is 1. The van der Waals surface area contributed by atoms with E-state index in [0.29, 0.717) is 6.04 Å². The maximum Gasteiger partial charge on any atom is 0.115 e. The van der Waals surface area contributed by atoms with Crippen molar-refractivity contribution in [1.82, 2.24) is 10.3 Å². The normalized spacial score (nSPS) is 25.0. The van der Waals surface area contributed by atoms with Gasteiger partial charge in [0.1, 0.15) is 5.01 Å². The second-order valence-electron chi connectivity index (χ2n) is 6.47. The van der Waals surface area contributed by atoms with Crippen molar-refractivity contribution in [2.75, 3.05) is 13.2 Å². The second-order valence-corrected chi connectivity index (χ2v) is 7.33. The Morgan fingerprint density at radius 1 is 1.44 bits per heavy atom. The van der Waals surface area contributed by atoms with Crippen molar-refractivity contribution in [2.45, 2.75) is 58.0 Å². The number of hydrogen-bond donors (Lipinski definition) is 1. The number of hydrogen-bond acceptors (Lipinski definition) is 4. The fraction of sp³-hybridized carbons (Fsp3) is 0.786. The van der Waals surface area contributed by atoms with Gasteiger partial charge in [0.25, 0.3) is 0 Å². The standard InChI is InChI=1S/C14H24N2OS/c1-10(2)16-14(6-7-17-9-14)12-15-11(8-18-12)13(3,4)5/h8,10,16H,6-7,9H2,1-5H3. The molecule has 0 aliphatic carbocycles. The first-order valence-corrected chi connectivity index (χ1v) is 7.53. The zero-order chi connectivity index (χ0) is 13.4. The van der Waals surface area contributed by atoms with E-state index in [0.717, 1.165) is 19.6 Å². The molecule has 0 bridgehead atoms. The van der Waals surface area contributed by atoms with E-state index < -0.39 is 0 Å². The first-order valence-electron chi connectivity index (χ1n) is 6.65. The van der Waals surface area contributed by atoms with Crippen molar-refractivity contribution in [3.63, 3.8) is 0 Å². The van der Waals surface area contributed by atoms with E-state index in [1.807, 2.05) is 0 Å². The number of nitrogens with zero attached hydrogens (tertiary/aromatic N) is 1. The third kappa shape index (κ3) is 2.76. The SMILES string of the molecule is CC(C)NC1(c2nc(C(C)(C)C)cs2)CCOC1. The molecule has 1 fully saturated rings. The molecule has 1 aliphatic heterocycles. The van der Waals surface area contributed by atoms with Crippen LogP contribution >= 0.6 is 11.3 Å². The van der Waals surface area contributed by atoms with Crippen molar-refractivity contribution in [3.8, 4) is 0 Å². The summed E-state index contributed by atoms with van der Waals surface area (Å²) in [6.45, 7) is 12.5. The minimum Gasteiger partial charge on any atom is -0.379 e. The largest absolute Gasteiger partial charge is 0.379 e. The van der Waals surface area contributed by atoms with Gasteiger partial charge in [-0.3, -0.25) is 0 Å². The van der Waals surface area contributed by atoms with Gasteiger partial charge in [0.2, 0.25) is 0 Å². The van der Waals surface area contributed by atoms with E-state index in [2.05, 4.69) is 45.3 Å². The molecule has 0 spiro atoms. The Morgan fingerprint density at radius 2 is 2.17 bits per heavy atom. The summed E-state index contributed by atoms with van der Waals surface area (Å²) in [5, 5.41) is 7.03. The smallest absolute Gasteiger partial charge is 0.115 e. The molecule has 2 rings (SSSR count). The van der Waals surface area contributed by atoms with Crippen LogP contribution in [0.2, 0.25) is 0 Å². The molecule has 1 unspecified atom stereocenters. The molecule has 0 saturated carbocycles. The molecular formula is C14H24N2OS. The van der Waals surface area contributed by atoms with Crippen molar-refractivity contribution >= 4 is 11.3 Å². The van der Waals surface area contributed by atoms with Gasteiger partial charge in [0, 0.05) is 23.4 Å². The van der Waals surface area contributed by atoms with Gasteiger partial charge in [-0.2, -0.15) is 0 Å². The van der Waals surface area contributed by atoms with Gasteiger partial charge >= 0.3 is 0 Å². The average molecular weight is 268 g/mol. The molecule has 0 radical (unpaired) electrons. The summed E-state index contributed by atoms with van der Waals surface area (Å²) in [5.74, 6) is 0. The van der Waals surface area contributed by atoms with E-state index in [-0.39, 0.29) is 11.0 Å². The lowest BCUT2D eigenvalue weighted by Crippen LogP contribution is -2.46. The summed E-state index contributed by atoms with van der Waals surface area (Å²) >= 11 is 1.76.